The summed E-state index contributed by atoms with van der Waals surface area (Å²) in [7, 11) is -3.90. The van der Waals surface area contributed by atoms with Crippen LogP contribution in [0.4, 0.5) is 5.69 Å². The van der Waals surface area contributed by atoms with Gasteiger partial charge in [-0.25, -0.2) is 23.4 Å². The molecule has 0 unspecified atom stereocenters. The van der Waals surface area contributed by atoms with Crippen LogP contribution in [0.25, 0.3) is 33.7 Å². The van der Waals surface area contributed by atoms with Crippen molar-refractivity contribution in [2.24, 2.45) is 0 Å². The first-order valence-corrected chi connectivity index (χ1v) is 13.3. The molecule has 0 fully saturated rings. The molecule has 11 heteroatoms. The first kappa shape index (κ1) is 24.5. The summed E-state index contributed by atoms with van der Waals surface area (Å²) < 4.78 is 28.0. The number of nitrogens with zero attached hydrogens (tertiary/aromatic N) is 4. The number of hydrogen-bond donors (Lipinski definition) is 2. The van der Waals surface area contributed by atoms with E-state index in [-0.39, 0.29) is 21.9 Å². The van der Waals surface area contributed by atoms with Gasteiger partial charge in [-0.3, -0.25) is 14.5 Å². The number of halogens is 1. The standard InChI is InChI=1S/C26H21ClN6O3S/c1-15-8-9-20(13-28-15)33-37(35,36)14-19-12-29-26-24(25(19)34)31-23(18-10-16(2)30-21(27)11-18)22(32-26)17-6-4-3-5-7-17/h3-13,33H,14H2,1-2H3,(H,29,32,34). The minimum absolute atomic E-state index is 0.0185. The van der Waals surface area contributed by atoms with Crippen LogP contribution in [0.5, 0.6) is 0 Å². The predicted octanol–water partition coefficient (Wildman–Crippen LogP) is 4.65. The molecule has 2 N–H and O–H groups in total. The number of rotatable bonds is 6. The molecule has 0 aliphatic heterocycles. The van der Waals surface area contributed by atoms with Crippen molar-refractivity contribution in [1.29, 1.82) is 0 Å². The monoisotopic (exact) mass is 532 g/mol. The fourth-order valence-electron chi connectivity index (χ4n) is 3.89. The van der Waals surface area contributed by atoms with Crippen LogP contribution >= 0.6 is 11.6 Å². The Morgan fingerprint density at radius 1 is 0.919 bits per heavy atom. The lowest BCUT2D eigenvalue weighted by Gasteiger charge is -2.12. The fourth-order valence-corrected chi connectivity index (χ4v) is 5.31. The van der Waals surface area contributed by atoms with Gasteiger partial charge < -0.3 is 4.98 Å². The first-order valence-electron chi connectivity index (χ1n) is 11.2. The highest BCUT2D eigenvalue weighted by molar-refractivity contribution is 7.91. The minimum Gasteiger partial charge on any atom is -0.344 e. The smallest absolute Gasteiger partial charge is 0.237 e. The lowest BCUT2D eigenvalue weighted by Crippen LogP contribution is -2.21. The highest BCUT2D eigenvalue weighted by atomic mass is 35.5. The number of anilines is 1. The topological polar surface area (TPSA) is 131 Å². The number of sulfonamides is 1. The molecule has 0 amide bonds. The second-order valence-electron chi connectivity index (χ2n) is 8.50. The third-order valence-corrected chi connectivity index (χ3v) is 6.99. The number of pyridine rings is 3. The Balaban J connectivity index is 1.62. The van der Waals surface area contributed by atoms with Crippen molar-refractivity contribution >= 4 is 38.5 Å². The number of nitrogens with one attached hydrogen (secondary N) is 2. The van der Waals surface area contributed by atoms with Gasteiger partial charge >= 0.3 is 0 Å². The maximum Gasteiger partial charge on any atom is 0.237 e. The maximum atomic E-state index is 13.4. The van der Waals surface area contributed by atoms with E-state index in [0.717, 1.165) is 11.3 Å². The summed E-state index contributed by atoms with van der Waals surface area (Å²) in [6.45, 7) is 3.60. The minimum atomic E-state index is -3.90. The molecular weight excluding hydrogens is 512 g/mol. The Morgan fingerprint density at radius 3 is 2.38 bits per heavy atom. The summed E-state index contributed by atoms with van der Waals surface area (Å²) in [5, 5.41) is 0.279. The normalized spacial score (nSPS) is 11.5. The number of benzene rings is 1. The first-order chi connectivity index (χ1) is 17.7. The number of aromatic nitrogens is 5. The SMILES string of the molecule is Cc1ccc(NS(=O)(=O)Cc2c[nH]c3nc(-c4ccccc4)c(-c4cc(C)nc(Cl)c4)nc3c2=O)cn1. The van der Waals surface area contributed by atoms with Crippen LogP contribution in [0.2, 0.25) is 5.15 Å². The van der Waals surface area contributed by atoms with Crippen molar-refractivity contribution in [1.82, 2.24) is 24.9 Å². The van der Waals surface area contributed by atoms with Gasteiger partial charge in [-0.15, -0.1) is 0 Å². The van der Waals surface area contributed by atoms with Crippen LogP contribution < -0.4 is 10.2 Å². The van der Waals surface area contributed by atoms with E-state index in [9.17, 15) is 13.2 Å². The third kappa shape index (κ3) is 5.35. The Bertz CT molecular complexity index is 1770. The molecule has 0 radical (unpaired) electrons. The number of hydrogen-bond acceptors (Lipinski definition) is 7. The van der Waals surface area contributed by atoms with Crippen LogP contribution in [0, 0.1) is 13.8 Å². The van der Waals surface area contributed by atoms with E-state index in [0.29, 0.717) is 28.3 Å². The summed E-state index contributed by atoms with van der Waals surface area (Å²) in [6.07, 6.45) is 2.77. The number of aryl methyl sites for hydroxylation is 2. The second kappa shape index (κ2) is 9.72. The molecule has 0 spiro atoms. The van der Waals surface area contributed by atoms with E-state index in [1.54, 1.807) is 38.1 Å². The Morgan fingerprint density at radius 2 is 1.68 bits per heavy atom. The molecule has 0 saturated carbocycles. The molecule has 0 saturated heterocycles. The Labute approximate surface area is 217 Å². The molecule has 186 valence electrons. The van der Waals surface area contributed by atoms with Gasteiger partial charge in [0.1, 0.15) is 5.15 Å². The van der Waals surface area contributed by atoms with Crippen molar-refractivity contribution in [2.75, 3.05) is 4.72 Å². The van der Waals surface area contributed by atoms with Crippen molar-refractivity contribution in [3.8, 4) is 22.5 Å². The Hall–Kier alpha value is -4.15. The molecule has 0 bridgehead atoms. The average molecular weight is 533 g/mol. The van der Waals surface area contributed by atoms with E-state index in [2.05, 4.69) is 24.7 Å². The van der Waals surface area contributed by atoms with Crippen LogP contribution in [0.3, 0.4) is 0 Å². The lowest BCUT2D eigenvalue weighted by atomic mass is 10.0. The summed E-state index contributed by atoms with van der Waals surface area (Å²) in [4.78, 5) is 34.0. The molecule has 5 aromatic rings. The molecule has 5 rings (SSSR count). The fraction of sp³-hybridized carbons (Fsp3) is 0.115. The number of fused-ring (bicyclic) bond motifs is 1. The predicted molar refractivity (Wildman–Crippen MR) is 144 cm³/mol. The van der Waals surface area contributed by atoms with E-state index in [1.807, 2.05) is 30.3 Å². The van der Waals surface area contributed by atoms with Gasteiger partial charge in [-0.2, -0.15) is 0 Å². The highest BCUT2D eigenvalue weighted by Gasteiger charge is 2.20. The third-order valence-electron chi connectivity index (χ3n) is 5.56. The maximum absolute atomic E-state index is 13.4. The number of aromatic amines is 1. The summed E-state index contributed by atoms with van der Waals surface area (Å²) in [5.74, 6) is -0.552. The molecule has 0 aliphatic carbocycles. The second-order valence-corrected chi connectivity index (χ2v) is 10.6. The molecule has 37 heavy (non-hydrogen) atoms. The van der Waals surface area contributed by atoms with Crippen molar-refractivity contribution in [3.63, 3.8) is 0 Å². The van der Waals surface area contributed by atoms with Crippen molar-refractivity contribution in [3.05, 3.63) is 99.3 Å². The van der Waals surface area contributed by atoms with E-state index >= 15 is 0 Å². The van der Waals surface area contributed by atoms with Crippen LogP contribution in [-0.4, -0.2) is 33.3 Å². The largest absolute Gasteiger partial charge is 0.344 e. The lowest BCUT2D eigenvalue weighted by molar-refractivity contribution is 0.600. The molecular formula is C26H21ClN6O3S. The molecule has 1 aromatic carbocycles. The van der Waals surface area contributed by atoms with Crippen molar-refractivity contribution < 1.29 is 8.42 Å². The number of H-pyrrole nitrogens is 1. The summed E-state index contributed by atoms with van der Waals surface area (Å²) in [5.41, 5.74) is 3.88. The van der Waals surface area contributed by atoms with Gasteiger partial charge in [0.25, 0.3) is 0 Å². The summed E-state index contributed by atoms with van der Waals surface area (Å²) >= 11 is 6.22. The van der Waals surface area contributed by atoms with E-state index < -0.39 is 21.2 Å². The summed E-state index contributed by atoms with van der Waals surface area (Å²) in [6, 6.07) is 16.2. The zero-order valence-corrected chi connectivity index (χ0v) is 21.4. The van der Waals surface area contributed by atoms with Crippen LogP contribution in [-0.2, 0) is 15.8 Å². The van der Waals surface area contributed by atoms with Crippen LogP contribution in [0.1, 0.15) is 17.0 Å². The molecule has 0 aliphatic rings. The van der Waals surface area contributed by atoms with E-state index in [1.165, 1.54) is 12.4 Å². The van der Waals surface area contributed by atoms with E-state index in [4.69, 9.17) is 16.6 Å². The van der Waals surface area contributed by atoms with Gasteiger partial charge in [-0.05, 0) is 38.1 Å². The quantitative estimate of drug-likeness (QED) is 0.304. The zero-order chi connectivity index (χ0) is 26.2. The van der Waals surface area contributed by atoms with Gasteiger partial charge in [0, 0.05) is 34.3 Å². The van der Waals surface area contributed by atoms with Crippen molar-refractivity contribution in [2.45, 2.75) is 19.6 Å². The molecule has 4 heterocycles. The van der Waals surface area contributed by atoms with Gasteiger partial charge in [0.15, 0.2) is 11.2 Å². The molecule has 4 aromatic heterocycles. The van der Waals surface area contributed by atoms with Gasteiger partial charge in [0.2, 0.25) is 15.5 Å². The average Bonchev–Trinajstić information content (AvgIpc) is 2.86. The highest BCUT2D eigenvalue weighted by Crippen LogP contribution is 2.31. The van der Waals surface area contributed by atoms with Gasteiger partial charge in [-0.1, -0.05) is 41.9 Å². The van der Waals surface area contributed by atoms with Gasteiger partial charge in [0.05, 0.1) is 29.0 Å². The zero-order valence-electron chi connectivity index (χ0n) is 19.9. The van der Waals surface area contributed by atoms with Crippen LogP contribution in [0.15, 0.2) is 71.8 Å². The Kier molecular flexibility index (Phi) is 6.45. The molecule has 0 atom stereocenters. The molecule has 9 nitrogen and oxygen atoms in total.